The summed E-state index contributed by atoms with van der Waals surface area (Å²) in [6, 6.07) is 4.26. The molecule has 1 rings (SSSR count). The zero-order valence-corrected chi connectivity index (χ0v) is 9.26. The van der Waals surface area contributed by atoms with Crippen molar-refractivity contribution < 1.29 is 9.50 Å². The summed E-state index contributed by atoms with van der Waals surface area (Å²) in [5.41, 5.74) is 0.601. The molecule has 0 saturated heterocycles. The van der Waals surface area contributed by atoms with Crippen LogP contribution < -0.4 is 5.32 Å². The minimum atomic E-state index is -0.355. The van der Waals surface area contributed by atoms with Gasteiger partial charge in [-0.2, -0.15) is 0 Å². The van der Waals surface area contributed by atoms with Crippen LogP contribution in [0.15, 0.2) is 18.2 Å². The van der Waals surface area contributed by atoms with Gasteiger partial charge in [0.1, 0.15) is 11.6 Å². The van der Waals surface area contributed by atoms with Gasteiger partial charge in [0.25, 0.3) is 0 Å². The average Bonchev–Trinajstić information content (AvgIpc) is 2.17. The van der Waals surface area contributed by atoms with E-state index in [2.05, 4.69) is 12.2 Å². The first kappa shape index (κ1) is 12.0. The average molecular weight is 211 g/mol. The van der Waals surface area contributed by atoms with Crippen molar-refractivity contribution in [3.05, 3.63) is 29.6 Å². The standard InChI is InChI=1S/C12H18FNO/c1-3-4-7-14-9(2)11-6-5-10(15)8-12(11)13/h5-6,8-9,14-15H,3-4,7H2,1-2H3. The van der Waals surface area contributed by atoms with Crippen LogP contribution in [0.5, 0.6) is 5.75 Å². The summed E-state index contributed by atoms with van der Waals surface area (Å²) in [6.45, 7) is 4.93. The Morgan fingerprint density at radius 2 is 2.20 bits per heavy atom. The van der Waals surface area contributed by atoms with Crippen molar-refractivity contribution >= 4 is 0 Å². The Bertz CT molecular complexity index is 314. The van der Waals surface area contributed by atoms with Gasteiger partial charge in [0, 0.05) is 17.7 Å². The molecule has 3 heteroatoms. The Labute approximate surface area is 90.1 Å². The third-order valence-electron chi connectivity index (χ3n) is 2.43. The van der Waals surface area contributed by atoms with E-state index in [1.807, 2.05) is 6.92 Å². The molecule has 0 saturated carbocycles. The Morgan fingerprint density at radius 3 is 2.80 bits per heavy atom. The minimum Gasteiger partial charge on any atom is -0.508 e. The van der Waals surface area contributed by atoms with E-state index in [0.717, 1.165) is 25.5 Å². The van der Waals surface area contributed by atoms with Crippen LogP contribution in [0.25, 0.3) is 0 Å². The first-order chi connectivity index (χ1) is 7.15. The normalized spacial score (nSPS) is 12.7. The van der Waals surface area contributed by atoms with Gasteiger partial charge in [-0.3, -0.25) is 0 Å². The Hall–Kier alpha value is -1.09. The van der Waals surface area contributed by atoms with Crippen LogP contribution in [0.4, 0.5) is 4.39 Å². The summed E-state index contributed by atoms with van der Waals surface area (Å²) in [7, 11) is 0. The number of phenolic OH excluding ortho intramolecular Hbond substituents is 1. The van der Waals surface area contributed by atoms with Crippen molar-refractivity contribution in [1.82, 2.24) is 5.32 Å². The lowest BCUT2D eigenvalue weighted by atomic mass is 10.1. The van der Waals surface area contributed by atoms with E-state index in [9.17, 15) is 4.39 Å². The van der Waals surface area contributed by atoms with Gasteiger partial charge in [-0.1, -0.05) is 19.4 Å². The number of aromatic hydroxyl groups is 1. The highest BCUT2D eigenvalue weighted by molar-refractivity contribution is 5.29. The molecule has 1 aromatic carbocycles. The second-order valence-electron chi connectivity index (χ2n) is 3.74. The third-order valence-corrected chi connectivity index (χ3v) is 2.43. The van der Waals surface area contributed by atoms with E-state index < -0.39 is 0 Å². The van der Waals surface area contributed by atoms with Crippen LogP contribution in [0.2, 0.25) is 0 Å². The highest BCUT2D eigenvalue weighted by Gasteiger charge is 2.10. The molecular formula is C12H18FNO. The van der Waals surface area contributed by atoms with E-state index in [-0.39, 0.29) is 17.6 Å². The van der Waals surface area contributed by atoms with E-state index in [1.165, 1.54) is 6.07 Å². The van der Waals surface area contributed by atoms with Crippen molar-refractivity contribution in [2.45, 2.75) is 32.7 Å². The molecule has 1 aromatic rings. The van der Waals surface area contributed by atoms with Crippen molar-refractivity contribution in [3.8, 4) is 5.75 Å². The van der Waals surface area contributed by atoms with Gasteiger partial charge in [0.15, 0.2) is 0 Å². The van der Waals surface area contributed by atoms with Crippen LogP contribution in [-0.2, 0) is 0 Å². The number of hydrogen-bond acceptors (Lipinski definition) is 2. The largest absolute Gasteiger partial charge is 0.508 e. The van der Waals surface area contributed by atoms with E-state index in [0.29, 0.717) is 5.56 Å². The summed E-state index contributed by atoms with van der Waals surface area (Å²) >= 11 is 0. The molecular weight excluding hydrogens is 193 g/mol. The summed E-state index contributed by atoms with van der Waals surface area (Å²) < 4.78 is 13.4. The van der Waals surface area contributed by atoms with Gasteiger partial charge >= 0.3 is 0 Å². The molecule has 1 unspecified atom stereocenters. The van der Waals surface area contributed by atoms with Crippen LogP contribution in [-0.4, -0.2) is 11.7 Å². The fourth-order valence-corrected chi connectivity index (χ4v) is 1.47. The second kappa shape index (κ2) is 5.71. The van der Waals surface area contributed by atoms with Crippen LogP contribution >= 0.6 is 0 Å². The monoisotopic (exact) mass is 211 g/mol. The predicted octanol–water partition coefficient (Wildman–Crippen LogP) is 2.98. The van der Waals surface area contributed by atoms with Crippen LogP contribution in [0, 0.1) is 5.82 Å². The lowest BCUT2D eigenvalue weighted by Gasteiger charge is -2.14. The van der Waals surface area contributed by atoms with E-state index in [4.69, 9.17) is 5.11 Å². The first-order valence-electron chi connectivity index (χ1n) is 5.37. The fraction of sp³-hybridized carbons (Fsp3) is 0.500. The minimum absolute atomic E-state index is 0.0165. The number of phenols is 1. The molecule has 0 spiro atoms. The molecule has 84 valence electrons. The number of halogens is 1. The quantitative estimate of drug-likeness (QED) is 0.734. The van der Waals surface area contributed by atoms with Crippen molar-refractivity contribution in [1.29, 1.82) is 0 Å². The molecule has 1 atom stereocenters. The number of rotatable bonds is 5. The van der Waals surface area contributed by atoms with Crippen LogP contribution in [0.3, 0.4) is 0 Å². The second-order valence-corrected chi connectivity index (χ2v) is 3.74. The maximum atomic E-state index is 13.4. The zero-order chi connectivity index (χ0) is 11.3. The van der Waals surface area contributed by atoms with Gasteiger partial charge < -0.3 is 10.4 Å². The lowest BCUT2D eigenvalue weighted by molar-refractivity contribution is 0.463. The van der Waals surface area contributed by atoms with Gasteiger partial charge in [-0.05, 0) is 26.0 Å². The van der Waals surface area contributed by atoms with Crippen molar-refractivity contribution in [3.63, 3.8) is 0 Å². The molecule has 0 aliphatic rings. The first-order valence-corrected chi connectivity index (χ1v) is 5.37. The maximum absolute atomic E-state index is 13.4. The highest BCUT2D eigenvalue weighted by atomic mass is 19.1. The van der Waals surface area contributed by atoms with Crippen molar-refractivity contribution in [2.75, 3.05) is 6.54 Å². The number of hydrogen-bond donors (Lipinski definition) is 2. The Kier molecular flexibility index (Phi) is 4.56. The molecule has 0 fully saturated rings. The predicted molar refractivity (Wildman–Crippen MR) is 59.4 cm³/mol. The topological polar surface area (TPSA) is 32.3 Å². The summed E-state index contributed by atoms with van der Waals surface area (Å²) in [6.07, 6.45) is 2.21. The Balaban J connectivity index is 2.61. The number of unbranched alkanes of at least 4 members (excludes halogenated alkanes) is 1. The summed E-state index contributed by atoms with van der Waals surface area (Å²) in [4.78, 5) is 0. The molecule has 0 amide bonds. The molecule has 0 radical (unpaired) electrons. The molecule has 0 aliphatic carbocycles. The van der Waals surface area contributed by atoms with Gasteiger partial charge in [0.2, 0.25) is 0 Å². The highest BCUT2D eigenvalue weighted by Crippen LogP contribution is 2.20. The number of benzene rings is 1. The smallest absolute Gasteiger partial charge is 0.131 e. The van der Waals surface area contributed by atoms with Crippen molar-refractivity contribution in [2.24, 2.45) is 0 Å². The maximum Gasteiger partial charge on any atom is 0.131 e. The molecule has 0 aromatic heterocycles. The SMILES string of the molecule is CCCCNC(C)c1ccc(O)cc1F. The molecule has 0 heterocycles. The van der Waals surface area contributed by atoms with Crippen LogP contribution in [0.1, 0.15) is 38.3 Å². The molecule has 15 heavy (non-hydrogen) atoms. The molecule has 0 aliphatic heterocycles. The molecule has 2 N–H and O–H groups in total. The molecule has 2 nitrogen and oxygen atoms in total. The fourth-order valence-electron chi connectivity index (χ4n) is 1.47. The van der Waals surface area contributed by atoms with Gasteiger partial charge in [-0.25, -0.2) is 4.39 Å². The van der Waals surface area contributed by atoms with Gasteiger partial charge in [-0.15, -0.1) is 0 Å². The van der Waals surface area contributed by atoms with Gasteiger partial charge in [0.05, 0.1) is 0 Å². The zero-order valence-electron chi connectivity index (χ0n) is 9.26. The Morgan fingerprint density at radius 1 is 1.47 bits per heavy atom. The molecule has 0 bridgehead atoms. The third kappa shape index (κ3) is 3.51. The lowest BCUT2D eigenvalue weighted by Crippen LogP contribution is -2.20. The van der Waals surface area contributed by atoms with E-state index in [1.54, 1.807) is 6.07 Å². The van der Waals surface area contributed by atoms with E-state index >= 15 is 0 Å². The summed E-state index contributed by atoms with van der Waals surface area (Å²) in [5, 5.41) is 12.3. The number of nitrogens with one attached hydrogen (secondary N) is 1. The summed E-state index contributed by atoms with van der Waals surface area (Å²) in [5.74, 6) is -0.386.